The van der Waals surface area contributed by atoms with Crippen LogP contribution in [0.25, 0.3) is 0 Å². The zero-order valence-electron chi connectivity index (χ0n) is 16.7. The maximum absolute atomic E-state index is 11.9. The molecule has 154 valence electrons. The molecule has 3 aromatic rings. The van der Waals surface area contributed by atoms with Gasteiger partial charge in [0.05, 0.1) is 18.0 Å². The SMILES string of the molecule is COCC(=O)Nc1ccc(N2C(=S)N[C@H](c3ccccn3)[C@H]2c2ccco2)cc1C. The Hall–Kier alpha value is -3.23. The molecule has 1 fully saturated rings. The number of aromatic nitrogens is 1. The van der Waals surface area contributed by atoms with Crippen LogP contribution in [0, 0.1) is 6.92 Å². The van der Waals surface area contributed by atoms with Crippen molar-refractivity contribution >= 4 is 34.6 Å². The van der Waals surface area contributed by atoms with Crippen molar-refractivity contribution in [2.24, 2.45) is 0 Å². The van der Waals surface area contributed by atoms with E-state index in [1.165, 1.54) is 7.11 Å². The van der Waals surface area contributed by atoms with E-state index in [9.17, 15) is 4.79 Å². The third-order valence-electron chi connectivity index (χ3n) is 4.97. The number of ether oxygens (including phenoxy) is 1. The maximum atomic E-state index is 11.9. The van der Waals surface area contributed by atoms with E-state index in [0.717, 1.165) is 28.4 Å². The Kier molecular flexibility index (Phi) is 5.78. The van der Waals surface area contributed by atoms with Gasteiger partial charge in [-0.2, -0.15) is 0 Å². The molecule has 0 radical (unpaired) electrons. The number of thiocarbonyl (C=S) groups is 1. The van der Waals surface area contributed by atoms with Gasteiger partial charge in [-0.3, -0.25) is 9.78 Å². The molecule has 30 heavy (non-hydrogen) atoms. The lowest BCUT2D eigenvalue weighted by Crippen LogP contribution is -2.29. The molecule has 2 atom stereocenters. The van der Waals surface area contributed by atoms with Crippen molar-refractivity contribution in [3.05, 3.63) is 78.0 Å². The third kappa shape index (κ3) is 3.92. The van der Waals surface area contributed by atoms with E-state index in [4.69, 9.17) is 21.4 Å². The summed E-state index contributed by atoms with van der Waals surface area (Å²) in [6, 6.07) is 15.1. The Bertz CT molecular complexity index is 1040. The highest BCUT2D eigenvalue weighted by Gasteiger charge is 2.42. The van der Waals surface area contributed by atoms with Gasteiger partial charge >= 0.3 is 0 Å². The normalized spacial score (nSPS) is 18.3. The lowest BCUT2D eigenvalue weighted by atomic mass is 10.0. The molecule has 1 saturated heterocycles. The van der Waals surface area contributed by atoms with Gasteiger partial charge in [-0.05, 0) is 67.2 Å². The van der Waals surface area contributed by atoms with Crippen LogP contribution in [-0.2, 0) is 9.53 Å². The minimum absolute atomic E-state index is 0.00758. The van der Waals surface area contributed by atoms with E-state index < -0.39 is 0 Å². The summed E-state index contributed by atoms with van der Waals surface area (Å²) in [6.07, 6.45) is 3.42. The lowest BCUT2D eigenvalue weighted by molar-refractivity contribution is -0.119. The molecule has 0 bridgehead atoms. The number of nitrogens with zero attached hydrogens (tertiary/aromatic N) is 2. The van der Waals surface area contributed by atoms with E-state index in [0.29, 0.717) is 5.11 Å². The van der Waals surface area contributed by atoms with Gasteiger partial charge in [-0.1, -0.05) is 6.07 Å². The number of pyridine rings is 1. The second-order valence-electron chi connectivity index (χ2n) is 6.99. The number of rotatable bonds is 6. The maximum Gasteiger partial charge on any atom is 0.250 e. The van der Waals surface area contributed by atoms with Crippen molar-refractivity contribution in [2.75, 3.05) is 23.9 Å². The van der Waals surface area contributed by atoms with E-state index in [1.807, 2.05) is 60.4 Å². The molecule has 1 aromatic carbocycles. The molecule has 3 heterocycles. The van der Waals surface area contributed by atoms with Crippen LogP contribution in [0.4, 0.5) is 11.4 Å². The number of nitrogens with one attached hydrogen (secondary N) is 2. The van der Waals surface area contributed by atoms with Crippen molar-refractivity contribution in [3.8, 4) is 0 Å². The van der Waals surface area contributed by atoms with E-state index in [-0.39, 0.29) is 24.6 Å². The van der Waals surface area contributed by atoms with Gasteiger partial charge in [0.25, 0.3) is 0 Å². The molecular formula is C22H22N4O3S. The van der Waals surface area contributed by atoms with Crippen molar-refractivity contribution in [1.29, 1.82) is 0 Å². The smallest absolute Gasteiger partial charge is 0.250 e. The second-order valence-corrected chi connectivity index (χ2v) is 7.38. The van der Waals surface area contributed by atoms with Gasteiger partial charge in [-0.25, -0.2) is 0 Å². The predicted octanol–water partition coefficient (Wildman–Crippen LogP) is 3.75. The van der Waals surface area contributed by atoms with Crippen molar-refractivity contribution in [2.45, 2.75) is 19.0 Å². The van der Waals surface area contributed by atoms with Crippen molar-refractivity contribution in [3.63, 3.8) is 0 Å². The first-order chi connectivity index (χ1) is 14.6. The molecule has 8 heteroatoms. The molecule has 1 amide bonds. The van der Waals surface area contributed by atoms with Crippen LogP contribution < -0.4 is 15.5 Å². The first-order valence-corrected chi connectivity index (χ1v) is 9.93. The minimum Gasteiger partial charge on any atom is -0.467 e. The first kappa shape index (κ1) is 20.1. The molecule has 2 N–H and O–H groups in total. The molecule has 7 nitrogen and oxygen atoms in total. The van der Waals surface area contributed by atoms with Crippen LogP contribution in [0.1, 0.15) is 29.1 Å². The topological polar surface area (TPSA) is 79.6 Å². The summed E-state index contributed by atoms with van der Waals surface area (Å²) >= 11 is 5.69. The number of methoxy groups -OCH3 is 1. The molecule has 0 spiro atoms. The predicted molar refractivity (Wildman–Crippen MR) is 118 cm³/mol. The second kappa shape index (κ2) is 8.64. The van der Waals surface area contributed by atoms with Crippen LogP contribution in [0.2, 0.25) is 0 Å². The zero-order chi connectivity index (χ0) is 21.1. The molecule has 1 aliphatic heterocycles. The van der Waals surface area contributed by atoms with Crippen molar-refractivity contribution < 1.29 is 13.9 Å². The molecule has 0 unspecified atom stereocenters. The first-order valence-electron chi connectivity index (χ1n) is 9.52. The number of aryl methyl sites for hydroxylation is 1. The number of furan rings is 1. The molecule has 1 aliphatic rings. The number of carbonyl (C=O) groups excluding carboxylic acids is 1. The Morgan fingerprint density at radius 1 is 1.30 bits per heavy atom. The Morgan fingerprint density at radius 2 is 2.17 bits per heavy atom. The third-order valence-corrected chi connectivity index (χ3v) is 5.29. The molecular weight excluding hydrogens is 400 g/mol. The van der Waals surface area contributed by atoms with Gasteiger partial charge in [0.15, 0.2) is 5.11 Å². The van der Waals surface area contributed by atoms with Gasteiger partial charge in [0.1, 0.15) is 18.4 Å². The van der Waals surface area contributed by atoms with Gasteiger partial charge in [-0.15, -0.1) is 0 Å². The van der Waals surface area contributed by atoms with Crippen LogP contribution in [0.5, 0.6) is 0 Å². The van der Waals surface area contributed by atoms with Crippen LogP contribution in [-0.4, -0.2) is 29.7 Å². The highest BCUT2D eigenvalue weighted by Crippen LogP contribution is 2.42. The summed E-state index contributed by atoms with van der Waals surface area (Å²) in [7, 11) is 1.49. The summed E-state index contributed by atoms with van der Waals surface area (Å²) in [5, 5.41) is 6.83. The molecule has 0 saturated carbocycles. The highest BCUT2D eigenvalue weighted by atomic mass is 32.1. The quantitative estimate of drug-likeness (QED) is 0.586. The zero-order valence-corrected chi connectivity index (χ0v) is 17.5. The largest absolute Gasteiger partial charge is 0.467 e. The fourth-order valence-corrected chi connectivity index (χ4v) is 3.98. The summed E-state index contributed by atoms with van der Waals surface area (Å²) in [5.41, 5.74) is 3.42. The van der Waals surface area contributed by atoms with Gasteiger partial charge in [0.2, 0.25) is 5.91 Å². The average molecular weight is 423 g/mol. The van der Waals surface area contributed by atoms with Crippen LogP contribution in [0.15, 0.2) is 65.4 Å². The average Bonchev–Trinajstić information content (AvgIpc) is 3.38. The van der Waals surface area contributed by atoms with Gasteiger partial charge in [0, 0.05) is 24.7 Å². The molecule has 0 aliphatic carbocycles. The minimum atomic E-state index is -0.199. The number of carbonyl (C=O) groups is 1. The number of anilines is 2. The van der Waals surface area contributed by atoms with Crippen molar-refractivity contribution in [1.82, 2.24) is 10.3 Å². The Morgan fingerprint density at radius 3 is 2.83 bits per heavy atom. The fourth-order valence-electron chi connectivity index (χ4n) is 3.64. The monoisotopic (exact) mass is 422 g/mol. The van der Waals surface area contributed by atoms with E-state index >= 15 is 0 Å². The summed E-state index contributed by atoms with van der Waals surface area (Å²) in [6.45, 7) is 1.95. The fraction of sp³-hybridized carbons (Fsp3) is 0.227. The highest BCUT2D eigenvalue weighted by molar-refractivity contribution is 7.80. The molecule has 4 rings (SSSR count). The standard InChI is InChI=1S/C22H22N4O3S/c1-14-12-15(8-9-16(14)24-19(27)13-28-2)26-21(18-7-5-11-29-18)20(25-22(26)30)17-6-3-4-10-23-17/h3-12,20-21H,13H2,1-2H3,(H,24,27)(H,25,30)/t20-,21-/m1/s1. The van der Waals surface area contributed by atoms with E-state index in [2.05, 4.69) is 15.6 Å². The van der Waals surface area contributed by atoms with Gasteiger partial charge < -0.3 is 24.7 Å². The number of hydrogen-bond acceptors (Lipinski definition) is 5. The van der Waals surface area contributed by atoms with E-state index in [1.54, 1.807) is 12.5 Å². The lowest BCUT2D eigenvalue weighted by Gasteiger charge is -2.26. The molecule has 2 aromatic heterocycles. The summed E-state index contributed by atoms with van der Waals surface area (Å²) in [5.74, 6) is 0.587. The summed E-state index contributed by atoms with van der Waals surface area (Å²) in [4.78, 5) is 18.4. The van der Waals surface area contributed by atoms with Crippen LogP contribution >= 0.6 is 12.2 Å². The Balaban J connectivity index is 1.69. The Labute approximate surface area is 180 Å². The number of benzene rings is 1. The summed E-state index contributed by atoms with van der Waals surface area (Å²) < 4.78 is 10.6. The number of hydrogen-bond donors (Lipinski definition) is 2. The number of amides is 1. The van der Waals surface area contributed by atoms with Crippen LogP contribution in [0.3, 0.4) is 0 Å².